The molecule has 1 heterocycles. The Hall–Kier alpha value is -2.37. The minimum Gasteiger partial charge on any atom is -0.271 e. The lowest BCUT2D eigenvalue weighted by Gasteiger charge is -2.16. The Kier molecular flexibility index (Phi) is 3.85. The van der Waals surface area contributed by atoms with Crippen LogP contribution in [0.5, 0.6) is 0 Å². The van der Waals surface area contributed by atoms with Crippen LogP contribution in [0.25, 0.3) is 11.0 Å². The number of hydrazine groups is 1. The Morgan fingerprint density at radius 2 is 1.71 bits per heavy atom. The van der Waals surface area contributed by atoms with E-state index in [4.69, 9.17) is 5.84 Å². The van der Waals surface area contributed by atoms with Crippen molar-refractivity contribution in [2.45, 2.75) is 12.5 Å². The van der Waals surface area contributed by atoms with Gasteiger partial charge in [0.15, 0.2) is 0 Å². The van der Waals surface area contributed by atoms with Crippen LogP contribution in [-0.4, -0.2) is 9.97 Å². The molecule has 0 fully saturated rings. The van der Waals surface area contributed by atoms with Crippen LogP contribution in [0.2, 0.25) is 0 Å². The number of benzene rings is 2. The number of halogens is 1. The molecule has 1 atom stereocenters. The molecule has 0 radical (unpaired) electrons. The van der Waals surface area contributed by atoms with Crippen molar-refractivity contribution >= 4 is 11.0 Å². The Morgan fingerprint density at radius 1 is 1.00 bits per heavy atom. The summed E-state index contributed by atoms with van der Waals surface area (Å²) in [6, 6.07) is 12.2. The molecule has 3 N–H and O–H groups in total. The number of aromatic nitrogens is 2. The number of hydrogen-bond donors (Lipinski definition) is 2. The Bertz CT molecular complexity index is 743. The predicted octanol–water partition coefficient (Wildman–Crippen LogP) is 2.52. The highest BCUT2D eigenvalue weighted by molar-refractivity contribution is 5.74. The molecule has 0 aliphatic rings. The molecule has 1 aromatic heterocycles. The van der Waals surface area contributed by atoms with Gasteiger partial charge < -0.3 is 0 Å². The molecule has 0 spiro atoms. The Balaban J connectivity index is 1.88. The van der Waals surface area contributed by atoms with Crippen LogP contribution >= 0.6 is 0 Å². The highest BCUT2D eigenvalue weighted by Crippen LogP contribution is 2.21. The Labute approximate surface area is 121 Å². The normalized spacial score (nSPS) is 12.5. The zero-order valence-corrected chi connectivity index (χ0v) is 11.3. The number of rotatable bonds is 4. The summed E-state index contributed by atoms with van der Waals surface area (Å²) in [6.07, 6.45) is 4.00. The summed E-state index contributed by atoms with van der Waals surface area (Å²) >= 11 is 0. The maximum atomic E-state index is 12.9. The molecular formula is C16H15FN4. The number of hydrogen-bond acceptors (Lipinski definition) is 4. The van der Waals surface area contributed by atoms with Gasteiger partial charge in [-0.25, -0.2) is 4.39 Å². The summed E-state index contributed by atoms with van der Waals surface area (Å²) in [5.41, 5.74) is 6.51. The van der Waals surface area contributed by atoms with Crippen molar-refractivity contribution in [3.05, 3.63) is 71.8 Å². The van der Waals surface area contributed by atoms with E-state index in [1.165, 1.54) is 12.1 Å². The number of nitrogens with two attached hydrogens (primary N) is 1. The summed E-state index contributed by atoms with van der Waals surface area (Å²) in [5.74, 6) is 5.43. The lowest BCUT2D eigenvalue weighted by Crippen LogP contribution is -2.29. The van der Waals surface area contributed by atoms with Crippen molar-refractivity contribution < 1.29 is 4.39 Å². The molecule has 4 nitrogen and oxygen atoms in total. The third-order valence-corrected chi connectivity index (χ3v) is 3.45. The van der Waals surface area contributed by atoms with Gasteiger partial charge in [-0.3, -0.25) is 21.2 Å². The molecule has 2 aromatic carbocycles. The maximum absolute atomic E-state index is 12.9. The van der Waals surface area contributed by atoms with Gasteiger partial charge in [0.05, 0.1) is 17.1 Å². The van der Waals surface area contributed by atoms with Crippen LogP contribution in [0.3, 0.4) is 0 Å². The summed E-state index contributed by atoms with van der Waals surface area (Å²) in [6.45, 7) is 0. The van der Waals surface area contributed by atoms with Gasteiger partial charge >= 0.3 is 0 Å². The number of fused-ring (bicyclic) bond motifs is 1. The van der Waals surface area contributed by atoms with E-state index in [2.05, 4.69) is 15.4 Å². The van der Waals surface area contributed by atoms with E-state index in [9.17, 15) is 4.39 Å². The van der Waals surface area contributed by atoms with E-state index >= 15 is 0 Å². The van der Waals surface area contributed by atoms with Gasteiger partial charge in [0, 0.05) is 12.4 Å². The first kappa shape index (κ1) is 13.6. The highest BCUT2D eigenvalue weighted by atomic mass is 19.1. The largest absolute Gasteiger partial charge is 0.271 e. The molecule has 1 unspecified atom stereocenters. The van der Waals surface area contributed by atoms with Crippen molar-refractivity contribution in [1.29, 1.82) is 0 Å². The van der Waals surface area contributed by atoms with E-state index in [1.54, 1.807) is 24.5 Å². The molecule has 5 heteroatoms. The summed E-state index contributed by atoms with van der Waals surface area (Å²) in [5, 5.41) is 0. The topological polar surface area (TPSA) is 63.8 Å². The van der Waals surface area contributed by atoms with E-state index in [-0.39, 0.29) is 11.9 Å². The average molecular weight is 282 g/mol. The summed E-state index contributed by atoms with van der Waals surface area (Å²) in [7, 11) is 0. The van der Waals surface area contributed by atoms with Crippen LogP contribution in [-0.2, 0) is 6.42 Å². The lowest BCUT2D eigenvalue weighted by molar-refractivity contribution is 0.551. The summed E-state index contributed by atoms with van der Waals surface area (Å²) < 4.78 is 12.9. The monoisotopic (exact) mass is 282 g/mol. The zero-order valence-electron chi connectivity index (χ0n) is 11.3. The van der Waals surface area contributed by atoms with Gasteiger partial charge in [-0.15, -0.1) is 0 Å². The van der Waals surface area contributed by atoms with Crippen LogP contribution in [0.1, 0.15) is 17.2 Å². The number of nitrogens with zero attached hydrogens (tertiary/aromatic N) is 2. The molecule has 0 bridgehead atoms. The van der Waals surface area contributed by atoms with E-state index < -0.39 is 0 Å². The third-order valence-electron chi connectivity index (χ3n) is 3.45. The maximum Gasteiger partial charge on any atom is 0.123 e. The van der Waals surface area contributed by atoms with E-state index in [1.807, 2.05) is 18.2 Å². The third kappa shape index (κ3) is 3.04. The first-order valence-corrected chi connectivity index (χ1v) is 6.67. The van der Waals surface area contributed by atoms with Gasteiger partial charge in [-0.2, -0.15) is 0 Å². The van der Waals surface area contributed by atoms with Crippen LogP contribution in [0.15, 0.2) is 54.9 Å². The fourth-order valence-corrected chi connectivity index (χ4v) is 2.33. The van der Waals surface area contributed by atoms with Gasteiger partial charge in [-0.05, 0) is 41.8 Å². The highest BCUT2D eigenvalue weighted by Gasteiger charge is 2.11. The molecule has 0 aliphatic heterocycles. The van der Waals surface area contributed by atoms with Crippen molar-refractivity contribution in [3.63, 3.8) is 0 Å². The molecule has 3 aromatic rings. The molecule has 0 amide bonds. The second-order valence-corrected chi connectivity index (χ2v) is 4.85. The quantitative estimate of drug-likeness (QED) is 0.570. The SMILES string of the molecule is NNC(Cc1ccc(F)cc1)c1ccc2nccnc2c1. The fraction of sp³-hybridized carbons (Fsp3) is 0.125. The van der Waals surface area contributed by atoms with Crippen molar-refractivity contribution in [2.24, 2.45) is 5.84 Å². The summed E-state index contributed by atoms with van der Waals surface area (Å²) in [4.78, 5) is 8.54. The number of nitrogens with one attached hydrogen (secondary N) is 1. The fourth-order valence-electron chi connectivity index (χ4n) is 2.33. The smallest absolute Gasteiger partial charge is 0.123 e. The molecule has 0 saturated heterocycles. The molecule has 21 heavy (non-hydrogen) atoms. The van der Waals surface area contributed by atoms with Crippen molar-refractivity contribution in [1.82, 2.24) is 15.4 Å². The average Bonchev–Trinajstić information content (AvgIpc) is 2.54. The minimum absolute atomic E-state index is 0.0677. The van der Waals surface area contributed by atoms with Gasteiger partial charge in [-0.1, -0.05) is 18.2 Å². The standard InChI is InChI=1S/C16H15FN4/c17-13-4-1-11(2-5-13)9-15(21-18)12-3-6-14-16(10-12)20-8-7-19-14/h1-8,10,15,21H,9,18H2. The van der Waals surface area contributed by atoms with Gasteiger partial charge in [0.2, 0.25) is 0 Å². The van der Waals surface area contributed by atoms with Crippen molar-refractivity contribution in [2.75, 3.05) is 0 Å². The van der Waals surface area contributed by atoms with Gasteiger partial charge in [0.1, 0.15) is 5.82 Å². The molecule has 0 saturated carbocycles. The first-order chi connectivity index (χ1) is 10.3. The van der Waals surface area contributed by atoms with Crippen LogP contribution in [0, 0.1) is 5.82 Å². The molecular weight excluding hydrogens is 267 g/mol. The van der Waals surface area contributed by atoms with Crippen LogP contribution in [0.4, 0.5) is 4.39 Å². The van der Waals surface area contributed by atoms with E-state index in [0.29, 0.717) is 6.42 Å². The Morgan fingerprint density at radius 3 is 2.43 bits per heavy atom. The second-order valence-electron chi connectivity index (χ2n) is 4.85. The van der Waals surface area contributed by atoms with Crippen molar-refractivity contribution in [3.8, 4) is 0 Å². The van der Waals surface area contributed by atoms with Gasteiger partial charge in [0.25, 0.3) is 0 Å². The predicted molar refractivity (Wildman–Crippen MR) is 79.7 cm³/mol. The minimum atomic E-state index is -0.239. The van der Waals surface area contributed by atoms with Crippen LogP contribution < -0.4 is 11.3 Å². The first-order valence-electron chi connectivity index (χ1n) is 6.67. The zero-order chi connectivity index (χ0) is 14.7. The second kappa shape index (κ2) is 5.95. The molecule has 0 aliphatic carbocycles. The molecule has 3 rings (SSSR count). The molecule has 106 valence electrons. The lowest BCUT2D eigenvalue weighted by atomic mass is 9.99. The van der Waals surface area contributed by atoms with E-state index in [0.717, 1.165) is 22.2 Å².